The summed E-state index contributed by atoms with van der Waals surface area (Å²) in [5, 5.41) is 2.82. The fraction of sp³-hybridized carbons (Fsp3) is 0.500. The van der Waals surface area contributed by atoms with Gasteiger partial charge in [-0.15, -0.1) is 0 Å². The Morgan fingerprint density at radius 3 is 1.95 bits per heavy atom. The van der Waals surface area contributed by atoms with Crippen LogP contribution in [-0.2, 0) is 0 Å². The first-order valence-electron chi connectivity index (χ1n) is 6.39. The van der Waals surface area contributed by atoms with Crippen LogP contribution in [-0.4, -0.2) is 11.9 Å². The summed E-state index contributed by atoms with van der Waals surface area (Å²) in [6.45, 7) is 8.17. The molecule has 0 saturated heterocycles. The van der Waals surface area contributed by atoms with Crippen molar-refractivity contribution in [1.29, 1.82) is 0 Å². The Kier molecular flexibility index (Phi) is 3.25. The van der Waals surface area contributed by atoms with Gasteiger partial charge in [-0.3, -0.25) is 10.6 Å². The van der Waals surface area contributed by atoms with E-state index in [1.807, 2.05) is 33.1 Å². The molecule has 0 unspecified atom stereocenters. The van der Waals surface area contributed by atoms with Crippen LogP contribution in [0.15, 0.2) is 12.1 Å². The van der Waals surface area contributed by atoms with Gasteiger partial charge in [-0.05, 0) is 23.0 Å². The van der Waals surface area contributed by atoms with Crippen molar-refractivity contribution in [3.05, 3.63) is 29.3 Å². The Morgan fingerprint density at radius 1 is 1.15 bits per heavy atom. The number of hydrogen-bond acceptors (Lipinski definition) is 3. The van der Waals surface area contributed by atoms with Crippen molar-refractivity contribution in [2.75, 3.05) is 5.43 Å². The SMILES string of the molecule is CC1(C)C(NC(=O)c2cc(F)c(NN)c(F)c2)C1(C)C. The quantitative estimate of drug-likeness (QED) is 0.589. The van der Waals surface area contributed by atoms with E-state index in [1.165, 1.54) is 0 Å². The number of halogens is 2. The van der Waals surface area contributed by atoms with Crippen molar-refractivity contribution in [3.8, 4) is 0 Å². The maximum atomic E-state index is 13.6. The predicted molar refractivity (Wildman–Crippen MR) is 73.0 cm³/mol. The number of benzene rings is 1. The number of rotatable bonds is 3. The molecule has 1 fully saturated rings. The Hall–Kier alpha value is -1.69. The molecular formula is C14H19F2N3O. The topological polar surface area (TPSA) is 67.2 Å². The van der Waals surface area contributed by atoms with E-state index in [0.717, 1.165) is 12.1 Å². The molecule has 1 aliphatic carbocycles. The van der Waals surface area contributed by atoms with E-state index >= 15 is 0 Å². The normalized spacial score (nSPS) is 19.6. The highest BCUT2D eigenvalue weighted by Crippen LogP contribution is 2.62. The predicted octanol–water partition coefficient (Wildman–Crippen LogP) is 2.41. The molecule has 1 aromatic rings. The third-order valence-electron chi connectivity index (χ3n) is 4.74. The number of hydrazine groups is 1. The summed E-state index contributed by atoms with van der Waals surface area (Å²) in [6, 6.07) is 1.91. The maximum Gasteiger partial charge on any atom is 0.251 e. The van der Waals surface area contributed by atoms with Gasteiger partial charge in [0.25, 0.3) is 5.91 Å². The molecule has 4 N–H and O–H groups in total. The molecular weight excluding hydrogens is 264 g/mol. The highest BCUT2D eigenvalue weighted by Gasteiger charge is 2.65. The molecule has 0 aromatic heterocycles. The number of amides is 1. The van der Waals surface area contributed by atoms with E-state index in [0.29, 0.717) is 0 Å². The molecule has 6 heteroatoms. The van der Waals surface area contributed by atoms with Crippen LogP contribution in [0, 0.1) is 22.5 Å². The van der Waals surface area contributed by atoms with Crippen molar-refractivity contribution in [2.24, 2.45) is 16.7 Å². The second-order valence-electron chi connectivity index (χ2n) is 6.31. The third kappa shape index (κ3) is 2.04. The van der Waals surface area contributed by atoms with Gasteiger partial charge >= 0.3 is 0 Å². The smallest absolute Gasteiger partial charge is 0.251 e. The lowest BCUT2D eigenvalue weighted by atomic mass is 10.0. The minimum Gasteiger partial charge on any atom is -0.348 e. The largest absolute Gasteiger partial charge is 0.348 e. The zero-order valence-corrected chi connectivity index (χ0v) is 12.0. The van der Waals surface area contributed by atoms with E-state index in [-0.39, 0.29) is 22.4 Å². The van der Waals surface area contributed by atoms with Crippen LogP contribution >= 0.6 is 0 Å². The molecule has 20 heavy (non-hydrogen) atoms. The molecule has 110 valence electrons. The summed E-state index contributed by atoms with van der Waals surface area (Å²) in [7, 11) is 0. The number of carbonyl (C=O) groups is 1. The van der Waals surface area contributed by atoms with Gasteiger partial charge in [0.2, 0.25) is 0 Å². The average molecular weight is 283 g/mol. The fourth-order valence-corrected chi connectivity index (χ4v) is 2.61. The fourth-order valence-electron chi connectivity index (χ4n) is 2.61. The van der Waals surface area contributed by atoms with Crippen molar-refractivity contribution < 1.29 is 13.6 Å². The van der Waals surface area contributed by atoms with E-state index in [2.05, 4.69) is 5.32 Å². The Balaban J connectivity index is 2.20. The molecule has 0 atom stereocenters. The van der Waals surface area contributed by atoms with Gasteiger partial charge < -0.3 is 10.7 Å². The van der Waals surface area contributed by atoms with Crippen molar-refractivity contribution in [1.82, 2.24) is 5.32 Å². The molecule has 1 amide bonds. The standard InChI is InChI=1S/C14H19F2N3O/c1-13(2)12(14(13,3)4)18-11(20)7-5-8(15)10(19-17)9(16)6-7/h5-6,12,19H,17H2,1-4H3,(H,18,20). The van der Waals surface area contributed by atoms with Crippen molar-refractivity contribution >= 4 is 11.6 Å². The molecule has 2 rings (SSSR count). The van der Waals surface area contributed by atoms with Crippen LogP contribution < -0.4 is 16.6 Å². The second kappa shape index (κ2) is 4.41. The van der Waals surface area contributed by atoms with Gasteiger partial charge in [0.05, 0.1) is 0 Å². The van der Waals surface area contributed by atoms with Crippen LogP contribution in [0.3, 0.4) is 0 Å². The lowest BCUT2D eigenvalue weighted by Crippen LogP contribution is -2.30. The Labute approximate surface area is 116 Å². The Bertz CT molecular complexity index is 533. The summed E-state index contributed by atoms with van der Waals surface area (Å²) in [4.78, 5) is 12.1. The molecule has 0 aliphatic heterocycles. The lowest BCUT2D eigenvalue weighted by molar-refractivity contribution is 0.0942. The van der Waals surface area contributed by atoms with Gasteiger partial charge in [0.1, 0.15) is 5.69 Å². The van der Waals surface area contributed by atoms with E-state index in [1.54, 1.807) is 0 Å². The van der Waals surface area contributed by atoms with Gasteiger partial charge in [-0.2, -0.15) is 0 Å². The summed E-state index contributed by atoms with van der Waals surface area (Å²) >= 11 is 0. The number of carbonyl (C=O) groups excluding carboxylic acids is 1. The van der Waals surface area contributed by atoms with Crippen LogP contribution in [0.1, 0.15) is 38.1 Å². The van der Waals surface area contributed by atoms with Crippen molar-refractivity contribution in [3.63, 3.8) is 0 Å². The molecule has 1 aromatic carbocycles. The van der Waals surface area contributed by atoms with Gasteiger partial charge in [0, 0.05) is 11.6 Å². The maximum absolute atomic E-state index is 13.6. The van der Waals surface area contributed by atoms with Gasteiger partial charge in [-0.25, -0.2) is 8.78 Å². The lowest BCUT2D eigenvalue weighted by Gasteiger charge is -2.09. The molecule has 1 saturated carbocycles. The summed E-state index contributed by atoms with van der Waals surface area (Å²) < 4.78 is 27.1. The first-order chi connectivity index (χ1) is 9.12. The summed E-state index contributed by atoms with van der Waals surface area (Å²) in [6.07, 6.45) is 0. The molecule has 0 bridgehead atoms. The highest BCUT2D eigenvalue weighted by atomic mass is 19.1. The van der Waals surface area contributed by atoms with E-state index in [9.17, 15) is 13.6 Å². The average Bonchev–Trinajstić information content (AvgIpc) is 2.71. The number of nitrogens with one attached hydrogen (secondary N) is 2. The third-order valence-corrected chi connectivity index (χ3v) is 4.74. The van der Waals surface area contributed by atoms with Crippen LogP contribution in [0.25, 0.3) is 0 Å². The van der Waals surface area contributed by atoms with Gasteiger partial charge in [0.15, 0.2) is 11.6 Å². The number of nitrogens with two attached hydrogens (primary N) is 1. The second-order valence-corrected chi connectivity index (χ2v) is 6.31. The molecule has 0 heterocycles. The van der Waals surface area contributed by atoms with Gasteiger partial charge in [-0.1, -0.05) is 27.7 Å². The first kappa shape index (κ1) is 14.7. The van der Waals surface area contributed by atoms with Crippen molar-refractivity contribution in [2.45, 2.75) is 33.7 Å². The van der Waals surface area contributed by atoms with E-state index in [4.69, 9.17) is 5.84 Å². The molecule has 0 radical (unpaired) electrons. The number of anilines is 1. The van der Waals surface area contributed by atoms with Crippen LogP contribution in [0.4, 0.5) is 14.5 Å². The zero-order valence-electron chi connectivity index (χ0n) is 12.0. The van der Waals surface area contributed by atoms with E-state index < -0.39 is 23.2 Å². The zero-order chi connectivity index (χ0) is 15.3. The van der Waals surface area contributed by atoms with Crippen LogP contribution in [0.2, 0.25) is 0 Å². The number of nitrogen functional groups attached to an aromatic ring is 1. The molecule has 1 aliphatic rings. The monoisotopic (exact) mass is 283 g/mol. The highest BCUT2D eigenvalue weighted by molar-refractivity contribution is 5.95. The van der Waals surface area contributed by atoms with Crippen LogP contribution in [0.5, 0.6) is 0 Å². The summed E-state index contributed by atoms with van der Waals surface area (Å²) in [5.41, 5.74) is 1.33. The minimum absolute atomic E-state index is 0.0269. The molecule has 4 nitrogen and oxygen atoms in total. The summed E-state index contributed by atoms with van der Waals surface area (Å²) in [5.74, 6) is 2.73. The minimum atomic E-state index is -0.896. The first-order valence-corrected chi connectivity index (χ1v) is 6.39. The number of hydrogen-bond donors (Lipinski definition) is 3. The molecule has 0 spiro atoms. The Morgan fingerprint density at radius 2 is 1.60 bits per heavy atom.